The van der Waals surface area contributed by atoms with E-state index in [2.05, 4.69) is 29.4 Å². The zero-order chi connectivity index (χ0) is 13.8. The van der Waals surface area contributed by atoms with Crippen molar-refractivity contribution in [3.63, 3.8) is 0 Å². The van der Waals surface area contributed by atoms with Crippen LogP contribution in [-0.2, 0) is 13.0 Å². The molecule has 100 valence electrons. The van der Waals surface area contributed by atoms with Crippen LogP contribution in [0.4, 0.5) is 5.82 Å². The summed E-state index contributed by atoms with van der Waals surface area (Å²) >= 11 is 6.83. The Balaban J connectivity index is 2.08. The Labute approximate surface area is 122 Å². The van der Waals surface area contributed by atoms with Crippen LogP contribution >= 0.6 is 23.6 Å². The molecule has 0 saturated carbocycles. The van der Waals surface area contributed by atoms with Crippen molar-refractivity contribution in [3.8, 4) is 0 Å². The summed E-state index contributed by atoms with van der Waals surface area (Å²) in [5, 5.41) is 3.32. The SMILES string of the molecule is CCc1ccc(CNc2cc(C(N)=S)cc(C)n2)s1. The van der Waals surface area contributed by atoms with Gasteiger partial charge in [-0.3, -0.25) is 0 Å². The Hall–Kier alpha value is -1.46. The van der Waals surface area contributed by atoms with E-state index in [1.807, 2.05) is 30.4 Å². The number of aryl methyl sites for hydroxylation is 2. The van der Waals surface area contributed by atoms with E-state index in [9.17, 15) is 0 Å². The minimum absolute atomic E-state index is 0.401. The number of pyridine rings is 1. The summed E-state index contributed by atoms with van der Waals surface area (Å²) in [7, 11) is 0. The molecular formula is C14H17N3S2. The lowest BCUT2D eigenvalue weighted by atomic mass is 10.2. The summed E-state index contributed by atoms with van der Waals surface area (Å²) < 4.78 is 0. The van der Waals surface area contributed by atoms with Crippen molar-refractivity contribution in [2.45, 2.75) is 26.8 Å². The third-order valence-electron chi connectivity index (χ3n) is 2.75. The van der Waals surface area contributed by atoms with Crippen molar-refractivity contribution < 1.29 is 0 Å². The number of nitrogens with two attached hydrogens (primary N) is 1. The van der Waals surface area contributed by atoms with Crippen molar-refractivity contribution in [1.29, 1.82) is 0 Å². The third-order valence-corrected chi connectivity index (χ3v) is 4.21. The van der Waals surface area contributed by atoms with Gasteiger partial charge < -0.3 is 11.1 Å². The van der Waals surface area contributed by atoms with Gasteiger partial charge in [-0.05, 0) is 37.6 Å². The number of anilines is 1. The fraction of sp³-hybridized carbons (Fsp3) is 0.286. The molecule has 5 heteroatoms. The second-order valence-corrected chi connectivity index (χ2v) is 6.01. The molecule has 0 radical (unpaired) electrons. The summed E-state index contributed by atoms with van der Waals surface area (Å²) in [5.41, 5.74) is 7.42. The van der Waals surface area contributed by atoms with Crippen LogP contribution in [0.15, 0.2) is 24.3 Å². The van der Waals surface area contributed by atoms with Crippen LogP contribution in [0.3, 0.4) is 0 Å². The first-order chi connectivity index (χ1) is 9.08. The van der Waals surface area contributed by atoms with E-state index in [1.54, 1.807) is 0 Å². The molecule has 19 heavy (non-hydrogen) atoms. The monoisotopic (exact) mass is 291 g/mol. The van der Waals surface area contributed by atoms with Gasteiger partial charge in [0.1, 0.15) is 10.8 Å². The van der Waals surface area contributed by atoms with Crippen molar-refractivity contribution in [2.24, 2.45) is 5.73 Å². The van der Waals surface area contributed by atoms with Crippen LogP contribution in [0, 0.1) is 6.92 Å². The van der Waals surface area contributed by atoms with Gasteiger partial charge in [-0.15, -0.1) is 11.3 Å². The van der Waals surface area contributed by atoms with Crippen molar-refractivity contribution >= 4 is 34.4 Å². The van der Waals surface area contributed by atoms with Crippen molar-refractivity contribution in [1.82, 2.24) is 4.98 Å². The minimum atomic E-state index is 0.401. The molecule has 0 spiro atoms. The fourth-order valence-electron chi connectivity index (χ4n) is 1.79. The lowest BCUT2D eigenvalue weighted by Crippen LogP contribution is -2.11. The quantitative estimate of drug-likeness (QED) is 0.830. The average Bonchev–Trinajstić information content (AvgIpc) is 2.83. The number of nitrogens with one attached hydrogen (secondary N) is 1. The van der Waals surface area contributed by atoms with E-state index in [-0.39, 0.29) is 0 Å². The van der Waals surface area contributed by atoms with Gasteiger partial charge >= 0.3 is 0 Å². The molecule has 0 aliphatic heterocycles. The van der Waals surface area contributed by atoms with Gasteiger partial charge in [-0.1, -0.05) is 19.1 Å². The number of hydrogen-bond donors (Lipinski definition) is 2. The van der Waals surface area contributed by atoms with E-state index in [4.69, 9.17) is 18.0 Å². The highest BCUT2D eigenvalue weighted by Gasteiger charge is 2.03. The Morgan fingerprint density at radius 2 is 2.11 bits per heavy atom. The molecule has 0 aromatic carbocycles. The molecule has 0 amide bonds. The Bertz CT molecular complexity index is 590. The molecule has 0 bridgehead atoms. The van der Waals surface area contributed by atoms with Gasteiger partial charge in [-0.25, -0.2) is 4.98 Å². The molecule has 0 saturated heterocycles. The predicted molar refractivity (Wildman–Crippen MR) is 85.9 cm³/mol. The summed E-state index contributed by atoms with van der Waals surface area (Å²) in [5.74, 6) is 0.814. The average molecular weight is 291 g/mol. The van der Waals surface area contributed by atoms with Gasteiger partial charge in [0, 0.05) is 21.0 Å². The van der Waals surface area contributed by atoms with Gasteiger partial charge in [0.2, 0.25) is 0 Å². The smallest absolute Gasteiger partial charge is 0.127 e. The maximum Gasteiger partial charge on any atom is 0.127 e. The second-order valence-electron chi connectivity index (χ2n) is 4.32. The Kier molecular flexibility index (Phi) is 4.50. The third kappa shape index (κ3) is 3.75. The van der Waals surface area contributed by atoms with E-state index >= 15 is 0 Å². The van der Waals surface area contributed by atoms with E-state index in [0.717, 1.165) is 30.0 Å². The van der Waals surface area contributed by atoms with E-state index < -0.39 is 0 Å². The predicted octanol–water partition coefficient (Wildman–Crippen LogP) is 3.26. The number of rotatable bonds is 5. The zero-order valence-corrected chi connectivity index (χ0v) is 12.7. The number of nitrogens with zero attached hydrogens (tertiary/aromatic N) is 1. The lowest BCUT2D eigenvalue weighted by molar-refractivity contribution is 1.11. The van der Waals surface area contributed by atoms with Crippen molar-refractivity contribution in [2.75, 3.05) is 5.32 Å². The second kappa shape index (κ2) is 6.12. The van der Waals surface area contributed by atoms with Gasteiger partial charge in [0.15, 0.2) is 0 Å². The highest BCUT2D eigenvalue weighted by atomic mass is 32.1. The van der Waals surface area contributed by atoms with E-state index in [0.29, 0.717) is 4.99 Å². The molecule has 0 fully saturated rings. The molecule has 2 aromatic heterocycles. The lowest BCUT2D eigenvalue weighted by Gasteiger charge is -2.07. The molecule has 2 heterocycles. The van der Waals surface area contributed by atoms with Crippen LogP contribution in [0.1, 0.15) is 27.9 Å². The standard InChI is InChI=1S/C14H17N3S2/c1-3-11-4-5-12(19-11)8-16-13-7-10(14(15)18)6-9(2)17-13/h4-7H,3,8H2,1-2H3,(H2,15,18)(H,16,17). The Morgan fingerprint density at radius 1 is 1.37 bits per heavy atom. The minimum Gasteiger partial charge on any atom is -0.389 e. The summed E-state index contributed by atoms with van der Waals surface area (Å²) in [6, 6.07) is 8.12. The van der Waals surface area contributed by atoms with Crippen LogP contribution in [0.5, 0.6) is 0 Å². The van der Waals surface area contributed by atoms with Crippen LogP contribution in [0.2, 0.25) is 0 Å². The highest BCUT2D eigenvalue weighted by Crippen LogP contribution is 2.18. The molecule has 0 aliphatic carbocycles. The summed E-state index contributed by atoms with van der Waals surface area (Å²) in [6.07, 6.45) is 1.08. The first-order valence-corrected chi connectivity index (χ1v) is 7.41. The first kappa shape index (κ1) is 14.0. The molecule has 0 unspecified atom stereocenters. The topological polar surface area (TPSA) is 50.9 Å². The number of aromatic nitrogens is 1. The number of thiocarbonyl (C=S) groups is 1. The van der Waals surface area contributed by atoms with Crippen molar-refractivity contribution in [3.05, 3.63) is 45.3 Å². The van der Waals surface area contributed by atoms with E-state index in [1.165, 1.54) is 9.75 Å². The Morgan fingerprint density at radius 3 is 2.74 bits per heavy atom. The molecular weight excluding hydrogens is 274 g/mol. The maximum atomic E-state index is 5.66. The number of hydrogen-bond acceptors (Lipinski definition) is 4. The molecule has 3 N–H and O–H groups in total. The largest absolute Gasteiger partial charge is 0.389 e. The number of thiophene rings is 1. The van der Waals surface area contributed by atoms with Gasteiger partial charge in [0.25, 0.3) is 0 Å². The van der Waals surface area contributed by atoms with Gasteiger partial charge in [-0.2, -0.15) is 0 Å². The molecule has 2 aromatic rings. The highest BCUT2D eigenvalue weighted by molar-refractivity contribution is 7.80. The first-order valence-electron chi connectivity index (χ1n) is 6.18. The zero-order valence-electron chi connectivity index (χ0n) is 11.1. The van der Waals surface area contributed by atoms with Gasteiger partial charge in [0.05, 0.1) is 6.54 Å². The maximum absolute atomic E-state index is 5.66. The fourth-order valence-corrected chi connectivity index (χ4v) is 2.80. The molecule has 0 atom stereocenters. The summed E-state index contributed by atoms with van der Waals surface area (Å²) in [4.78, 5) is 7.54. The van der Waals surface area contributed by atoms with Crippen LogP contribution < -0.4 is 11.1 Å². The van der Waals surface area contributed by atoms with Crippen LogP contribution in [0.25, 0.3) is 0 Å². The molecule has 0 aliphatic rings. The molecule has 3 nitrogen and oxygen atoms in total. The normalized spacial score (nSPS) is 10.4. The van der Waals surface area contributed by atoms with Crippen LogP contribution in [-0.4, -0.2) is 9.97 Å². The molecule has 2 rings (SSSR count). The summed E-state index contributed by atoms with van der Waals surface area (Å²) in [6.45, 7) is 4.88.